The molecule has 1 aliphatic rings. The number of halogens is 1. The molecular formula is C15H15ClN2O2S. The van der Waals surface area contributed by atoms with E-state index in [1.807, 2.05) is 24.3 Å². The van der Waals surface area contributed by atoms with E-state index in [2.05, 4.69) is 0 Å². The first-order valence-corrected chi connectivity index (χ1v) is 8.03. The summed E-state index contributed by atoms with van der Waals surface area (Å²) < 4.78 is 0.995. The van der Waals surface area contributed by atoms with Crippen molar-refractivity contribution < 1.29 is 9.59 Å². The average molecular weight is 323 g/mol. The minimum Gasteiger partial charge on any atom is -0.369 e. The van der Waals surface area contributed by atoms with E-state index < -0.39 is 0 Å². The third-order valence-corrected chi connectivity index (χ3v) is 5.50. The van der Waals surface area contributed by atoms with Crippen LogP contribution in [0.3, 0.4) is 0 Å². The third-order valence-electron chi connectivity index (χ3n) is 3.84. The van der Waals surface area contributed by atoms with E-state index in [-0.39, 0.29) is 17.7 Å². The lowest BCUT2D eigenvalue weighted by atomic mass is 9.97. The molecule has 1 aromatic carbocycles. The molecule has 0 saturated carbocycles. The number of rotatable bonds is 2. The van der Waals surface area contributed by atoms with Gasteiger partial charge in [0.2, 0.25) is 5.91 Å². The van der Waals surface area contributed by atoms with Gasteiger partial charge in [0, 0.05) is 23.2 Å². The molecule has 6 heteroatoms. The number of fused-ring (bicyclic) bond motifs is 1. The monoisotopic (exact) mass is 322 g/mol. The first kappa shape index (κ1) is 14.4. The van der Waals surface area contributed by atoms with Crippen molar-refractivity contribution in [1.29, 1.82) is 0 Å². The Kier molecular flexibility index (Phi) is 3.87. The van der Waals surface area contributed by atoms with Gasteiger partial charge in [-0.05, 0) is 18.9 Å². The Morgan fingerprint density at radius 1 is 1.33 bits per heavy atom. The number of hydrogen-bond acceptors (Lipinski definition) is 3. The molecule has 0 radical (unpaired) electrons. The number of benzene rings is 1. The van der Waals surface area contributed by atoms with Crippen LogP contribution in [-0.2, 0) is 4.79 Å². The highest BCUT2D eigenvalue weighted by Crippen LogP contribution is 2.36. The van der Waals surface area contributed by atoms with E-state index in [0.29, 0.717) is 23.0 Å². The fraction of sp³-hybridized carbons (Fsp3) is 0.333. The maximum absolute atomic E-state index is 12.7. The predicted octanol–water partition coefficient (Wildman–Crippen LogP) is 2.89. The van der Waals surface area contributed by atoms with Crippen LogP contribution in [0.2, 0.25) is 5.02 Å². The Balaban J connectivity index is 1.90. The summed E-state index contributed by atoms with van der Waals surface area (Å²) >= 11 is 7.74. The summed E-state index contributed by atoms with van der Waals surface area (Å²) in [4.78, 5) is 26.2. The molecule has 1 aromatic heterocycles. The van der Waals surface area contributed by atoms with Crippen molar-refractivity contribution in [2.75, 3.05) is 13.1 Å². The zero-order chi connectivity index (χ0) is 15.0. The molecule has 1 fully saturated rings. The smallest absolute Gasteiger partial charge is 0.265 e. The van der Waals surface area contributed by atoms with Crippen LogP contribution in [0.4, 0.5) is 0 Å². The Morgan fingerprint density at radius 2 is 2.10 bits per heavy atom. The lowest BCUT2D eigenvalue weighted by molar-refractivity contribution is -0.123. The maximum Gasteiger partial charge on any atom is 0.265 e. The second kappa shape index (κ2) is 5.66. The molecule has 1 atom stereocenters. The van der Waals surface area contributed by atoms with Crippen molar-refractivity contribution in [2.24, 2.45) is 11.7 Å². The number of primary amides is 1. The molecule has 1 aliphatic heterocycles. The number of carbonyl (C=O) groups is 2. The van der Waals surface area contributed by atoms with E-state index >= 15 is 0 Å². The Morgan fingerprint density at radius 3 is 2.81 bits per heavy atom. The van der Waals surface area contributed by atoms with Gasteiger partial charge in [0.25, 0.3) is 5.91 Å². The van der Waals surface area contributed by atoms with Crippen molar-refractivity contribution in [2.45, 2.75) is 12.8 Å². The van der Waals surface area contributed by atoms with Crippen molar-refractivity contribution in [3.63, 3.8) is 0 Å². The molecule has 3 rings (SSSR count). The summed E-state index contributed by atoms with van der Waals surface area (Å²) in [7, 11) is 0. The second-order valence-corrected chi connectivity index (χ2v) is 6.66. The van der Waals surface area contributed by atoms with Crippen LogP contribution in [0.25, 0.3) is 10.1 Å². The average Bonchev–Trinajstić information content (AvgIpc) is 2.84. The van der Waals surface area contributed by atoms with Crippen molar-refractivity contribution in [1.82, 2.24) is 4.90 Å². The van der Waals surface area contributed by atoms with Gasteiger partial charge < -0.3 is 10.6 Å². The summed E-state index contributed by atoms with van der Waals surface area (Å²) in [5.74, 6) is -0.696. The standard InChI is InChI=1S/C15H15ClN2O2S/c16-12-10-5-1-2-6-11(10)21-13(12)15(20)18-7-3-4-9(8-18)14(17)19/h1-2,5-6,9H,3-4,7-8H2,(H2,17,19). The number of thiophene rings is 1. The Hall–Kier alpha value is -1.59. The van der Waals surface area contributed by atoms with Crippen molar-refractivity contribution in [3.05, 3.63) is 34.2 Å². The van der Waals surface area contributed by atoms with Crippen molar-refractivity contribution in [3.8, 4) is 0 Å². The fourth-order valence-corrected chi connectivity index (χ4v) is 4.17. The van der Waals surface area contributed by atoms with Gasteiger partial charge in [-0.3, -0.25) is 9.59 Å². The van der Waals surface area contributed by atoms with Crippen LogP contribution in [0.5, 0.6) is 0 Å². The molecule has 4 nitrogen and oxygen atoms in total. The van der Waals surface area contributed by atoms with Gasteiger partial charge in [-0.25, -0.2) is 0 Å². The molecular weight excluding hydrogens is 308 g/mol. The number of carbonyl (C=O) groups excluding carboxylic acids is 2. The van der Waals surface area contributed by atoms with E-state index in [9.17, 15) is 9.59 Å². The minimum absolute atomic E-state index is 0.104. The highest BCUT2D eigenvalue weighted by Gasteiger charge is 2.29. The number of likely N-dealkylation sites (tertiary alicyclic amines) is 1. The SMILES string of the molecule is NC(=O)C1CCCN(C(=O)c2sc3ccccc3c2Cl)C1. The van der Waals surface area contributed by atoms with E-state index in [1.165, 1.54) is 11.3 Å². The third kappa shape index (κ3) is 2.63. The van der Waals surface area contributed by atoms with E-state index in [0.717, 1.165) is 22.9 Å². The van der Waals surface area contributed by atoms with Crippen LogP contribution in [-0.4, -0.2) is 29.8 Å². The van der Waals surface area contributed by atoms with Gasteiger partial charge in [0.05, 0.1) is 10.9 Å². The summed E-state index contributed by atoms with van der Waals surface area (Å²) in [6.45, 7) is 1.03. The molecule has 1 unspecified atom stereocenters. The van der Waals surface area contributed by atoms with Gasteiger partial charge in [0.15, 0.2) is 0 Å². The largest absolute Gasteiger partial charge is 0.369 e. The number of piperidine rings is 1. The topological polar surface area (TPSA) is 63.4 Å². The lowest BCUT2D eigenvalue weighted by Crippen LogP contribution is -2.43. The molecule has 1 saturated heterocycles. The zero-order valence-electron chi connectivity index (χ0n) is 11.3. The molecule has 2 aromatic rings. The fourth-order valence-electron chi connectivity index (χ4n) is 2.69. The summed E-state index contributed by atoms with van der Waals surface area (Å²) in [5, 5.41) is 1.40. The first-order chi connectivity index (χ1) is 10.1. The predicted molar refractivity (Wildman–Crippen MR) is 84.7 cm³/mol. The molecule has 2 heterocycles. The van der Waals surface area contributed by atoms with Gasteiger partial charge in [-0.2, -0.15) is 0 Å². The summed E-state index contributed by atoms with van der Waals surface area (Å²) in [6, 6.07) is 7.69. The molecule has 21 heavy (non-hydrogen) atoms. The Labute approximate surface area is 131 Å². The highest BCUT2D eigenvalue weighted by atomic mass is 35.5. The van der Waals surface area contributed by atoms with Crippen LogP contribution >= 0.6 is 22.9 Å². The highest BCUT2D eigenvalue weighted by molar-refractivity contribution is 7.21. The molecule has 0 spiro atoms. The number of nitrogens with two attached hydrogens (primary N) is 1. The minimum atomic E-state index is -0.338. The van der Waals surface area contributed by atoms with Gasteiger partial charge in [0.1, 0.15) is 4.88 Å². The molecule has 0 bridgehead atoms. The zero-order valence-corrected chi connectivity index (χ0v) is 12.9. The number of hydrogen-bond donors (Lipinski definition) is 1. The van der Waals surface area contributed by atoms with Gasteiger partial charge in [-0.15, -0.1) is 11.3 Å². The van der Waals surface area contributed by atoms with E-state index in [1.54, 1.807) is 4.90 Å². The first-order valence-electron chi connectivity index (χ1n) is 6.83. The number of nitrogens with zero attached hydrogens (tertiary/aromatic N) is 1. The lowest BCUT2D eigenvalue weighted by Gasteiger charge is -2.30. The quantitative estimate of drug-likeness (QED) is 0.924. The van der Waals surface area contributed by atoms with Gasteiger partial charge in [-0.1, -0.05) is 29.8 Å². The van der Waals surface area contributed by atoms with Gasteiger partial charge >= 0.3 is 0 Å². The summed E-state index contributed by atoms with van der Waals surface area (Å²) in [5.41, 5.74) is 5.36. The molecule has 2 amide bonds. The van der Waals surface area contributed by atoms with Crippen LogP contribution in [0.15, 0.2) is 24.3 Å². The molecule has 2 N–H and O–H groups in total. The molecule has 0 aliphatic carbocycles. The molecule has 110 valence electrons. The summed E-state index contributed by atoms with van der Waals surface area (Å²) in [6.07, 6.45) is 1.54. The normalized spacial score (nSPS) is 18.9. The maximum atomic E-state index is 12.7. The van der Waals surface area contributed by atoms with E-state index in [4.69, 9.17) is 17.3 Å². The van der Waals surface area contributed by atoms with Crippen LogP contribution in [0.1, 0.15) is 22.5 Å². The van der Waals surface area contributed by atoms with Crippen LogP contribution in [0, 0.1) is 5.92 Å². The second-order valence-electron chi connectivity index (χ2n) is 5.23. The van der Waals surface area contributed by atoms with Crippen molar-refractivity contribution >= 4 is 44.8 Å². The Bertz CT molecular complexity index is 713. The number of amides is 2. The van der Waals surface area contributed by atoms with Crippen LogP contribution < -0.4 is 5.73 Å².